The summed E-state index contributed by atoms with van der Waals surface area (Å²) in [6.07, 6.45) is 4.30. The zero-order valence-electron chi connectivity index (χ0n) is 18.6. The van der Waals surface area contributed by atoms with Gasteiger partial charge < -0.3 is 15.4 Å². The van der Waals surface area contributed by atoms with Crippen molar-refractivity contribution in [3.8, 4) is 0 Å². The summed E-state index contributed by atoms with van der Waals surface area (Å²) in [5, 5.41) is 8.59. The van der Waals surface area contributed by atoms with Crippen LogP contribution in [-0.2, 0) is 4.74 Å². The lowest BCUT2D eigenvalue weighted by Gasteiger charge is -2.38. The molecule has 2 unspecified atom stereocenters. The van der Waals surface area contributed by atoms with Gasteiger partial charge in [0, 0.05) is 10.0 Å². The minimum Gasteiger partial charge on any atom is -0.365 e. The third kappa shape index (κ3) is 5.64. The molecule has 0 saturated carbocycles. The van der Waals surface area contributed by atoms with Crippen LogP contribution in [0.4, 0.5) is 0 Å². The molecule has 2 N–H and O–H groups in total. The second kappa shape index (κ2) is 10.7. The molecule has 0 amide bonds. The second-order valence-corrected chi connectivity index (χ2v) is 10.0. The van der Waals surface area contributed by atoms with Gasteiger partial charge in [0.2, 0.25) is 0 Å². The predicted octanol–water partition coefficient (Wildman–Crippen LogP) is 6.41. The van der Waals surface area contributed by atoms with Crippen molar-refractivity contribution in [2.24, 2.45) is 11.8 Å². The maximum atomic E-state index is 7.15. The van der Waals surface area contributed by atoms with Crippen LogP contribution >= 0.6 is 23.2 Å². The van der Waals surface area contributed by atoms with Crippen LogP contribution in [0.3, 0.4) is 0 Å². The van der Waals surface area contributed by atoms with Gasteiger partial charge in [-0.05, 0) is 101 Å². The van der Waals surface area contributed by atoms with Gasteiger partial charge in [-0.15, -0.1) is 0 Å². The Hall–Kier alpha value is -1.10. The lowest BCUT2D eigenvalue weighted by atomic mass is 9.84. The normalized spacial score (nSPS) is 20.5. The minimum atomic E-state index is -0.0361. The van der Waals surface area contributed by atoms with Crippen LogP contribution in [0, 0.1) is 25.7 Å². The molecular weight excluding hydrogens is 427 g/mol. The Bertz CT molecular complexity index is 804. The highest BCUT2D eigenvalue weighted by atomic mass is 35.5. The van der Waals surface area contributed by atoms with Crippen molar-refractivity contribution in [2.45, 2.75) is 51.7 Å². The van der Waals surface area contributed by atoms with Crippen molar-refractivity contribution >= 4 is 23.2 Å². The first kappa shape index (κ1) is 23.1. The summed E-state index contributed by atoms with van der Waals surface area (Å²) in [6.45, 7) is 8.35. The van der Waals surface area contributed by atoms with E-state index in [9.17, 15) is 0 Å². The van der Waals surface area contributed by atoms with Crippen LogP contribution in [0.15, 0.2) is 36.4 Å². The molecule has 168 valence electrons. The van der Waals surface area contributed by atoms with Crippen molar-refractivity contribution < 1.29 is 4.74 Å². The number of ether oxygens (including phenoxy) is 1. The number of piperidine rings is 2. The quantitative estimate of drug-likeness (QED) is 0.522. The van der Waals surface area contributed by atoms with E-state index in [1.165, 1.54) is 11.1 Å². The van der Waals surface area contributed by atoms with Gasteiger partial charge in [-0.25, -0.2) is 0 Å². The number of hydrogen-bond donors (Lipinski definition) is 2. The van der Waals surface area contributed by atoms with Crippen LogP contribution in [-0.4, -0.2) is 26.2 Å². The van der Waals surface area contributed by atoms with E-state index in [4.69, 9.17) is 27.9 Å². The topological polar surface area (TPSA) is 33.3 Å². The summed E-state index contributed by atoms with van der Waals surface area (Å²) in [7, 11) is 0. The van der Waals surface area contributed by atoms with Gasteiger partial charge in [0.25, 0.3) is 0 Å². The maximum Gasteiger partial charge on any atom is 0.0877 e. The van der Waals surface area contributed by atoms with Crippen molar-refractivity contribution in [1.29, 1.82) is 0 Å². The number of halogens is 2. The molecule has 2 aromatic carbocycles. The molecule has 2 fully saturated rings. The molecule has 0 bridgehead atoms. The highest BCUT2D eigenvalue weighted by Gasteiger charge is 2.35. The van der Waals surface area contributed by atoms with E-state index in [1.54, 1.807) is 0 Å². The molecule has 0 aliphatic carbocycles. The van der Waals surface area contributed by atoms with Crippen molar-refractivity contribution in [1.82, 2.24) is 10.6 Å². The van der Waals surface area contributed by atoms with Gasteiger partial charge >= 0.3 is 0 Å². The van der Waals surface area contributed by atoms with Crippen molar-refractivity contribution in [3.63, 3.8) is 0 Å². The molecule has 3 nitrogen and oxygen atoms in total. The smallest absolute Gasteiger partial charge is 0.0877 e. The summed E-state index contributed by atoms with van der Waals surface area (Å²) < 4.78 is 7.15. The summed E-state index contributed by atoms with van der Waals surface area (Å²) in [4.78, 5) is 0. The lowest BCUT2D eigenvalue weighted by Crippen LogP contribution is -2.35. The third-order valence-corrected chi connectivity index (χ3v) is 7.52. The van der Waals surface area contributed by atoms with Crippen LogP contribution in [0.1, 0.15) is 60.1 Å². The van der Waals surface area contributed by atoms with E-state index in [0.717, 1.165) is 73.0 Å². The van der Waals surface area contributed by atoms with Crippen LogP contribution in [0.5, 0.6) is 0 Å². The molecule has 2 atom stereocenters. The first-order chi connectivity index (χ1) is 15.0. The Morgan fingerprint density at radius 1 is 0.710 bits per heavy atom. The number of rotatable bonds is 6. The first-order valence-corrected chi connectivity index (χ1v) is 12.4. The second-order valence-electron chi connectivity index (χ2n) is 9.20. The highest BCUT2D eigenvalue weighted by molar-refractivity contribution is 6.31. The molecule has 0 spiro atoms. The van der Waals surface area contributed by atoms with E-state index in [-0.39, 0.29) is 12.2 Å². The molecule has 2 aromatic rings. The molecular formula is C26H34Cl2N2O. The maximum absolute atomic E-state index is 7.15. The molecule has 4 rings (SSSR count). The van der Waals surface area contributed by atoms with Gasteiger partial charge in [0.1, 0.15) is 0 Å². The number of hydrogen-bond acceptors (Lipinski definition) is 3. The lowest BCUT2D eigenvalue weighted by molar-refractivity contribution is -0.0840. The Kier molecular flexibility index (Phi) is 7.95. The Morgan fingerprint density at radius 2 is 1.10 bits per heavy atom. The van der Waals surface area contributed by atoms with E-state index < -0.39 is 0 Å². The fourth-order valence-electron chi connectivity index (χ4n) is 5.09. The number of nitrogens with one attached hydrogen (secondary N) is 2. The van der Waals surface area contributed by atoms with Crippen LogP contribution < -0.4 is 10.6 Å². The van der Waals surface area contributed by atoms with Crippen LogP contribution in [0.25, 0.3) is 0 Å². The number of aryl methyl sites for hydroxylation is 2. The van der Waals surface area contributed by atoms with Crippen LogP contribution in [0.2, 0.25) is 10.0 Å². The monoisotopic (exact) mass is 460 g/mol. The Balaban J connectivity index is 1.74. The minimum absolute atomic E-state index is 0.0361. The first-order valence-electron chi connectivity index (χ1n) is 11.6. The highest BCUT2D eigenvalue weighted by Crippen LogP contribution is 2.44. The number of benzene rings is 2. The fraction of sp³-hybridized carbons (Fsp3) is 0.538. The van der Waals surface area contributed by atoms with Gasteiger partial charge in [-0.2, -0.15) is 0 Å². The fourth-order valence-corrected chi connectivity index (χ4v) is 5.54. The van der Waals surface area contributed by atoms with Crippen molar-refractivity contribution in [2.75, 3.05) is 26.2 Å². The molecule has 2 aliphatic heterocycles. The van der Waals surface area contributed by atoms with E-state index in [2.05, 4.69) is 48.7 Å². The van der Waals surface area contributed by atoms with E-state index in [1.807, 2.05) is 12.1 Å². The zero-order chi connectivity index (χ0) is 21.8. The van der Waals surface area contributed by atoms with E-state index >= 15 is 0 Å². The predicted molar refractivity (Wildman–Crippen MR) is 130 cm³/mol. The largest absolute Gasteiger partial charge is 0.365 e. The van der Waals surface area contributed by atoms with Gasteiger partial charge in [0.05, 0.1) is 12.2 Å². The average Bonchev–Trinajstić information content (AvgIpc) is 2.79. The van der Waals surface area contributed by atoms with Gasteiger partial charge in [-0.3, -0.25) is 0 Å². The summed E-state index contributed by atoms with van der Waals surface area (Å²) in [6, 6.07) is 12.6. The summed E-state index contributed by atoms with van der Waals surface area (Å²) >= 11 is 13.5. The third-order valence-electron chi connectivity index (χ3n) is 6.83. The zero-order valence-corrected chi connectivity index (χ0v) is 20.1. The molecule has 0 radical (unpaired) electrons. The SMILES string of the molecule is Cc1ccc(Cl)c(C(OC(c2cc(C)ccc2Cl)C2CCNCC2)C2CCNCC2)c1. The Labute approximate surface area is 196 Å². The summed E-state index contributed by atoms with van der Waals surface area (Å²) in [5.74, 6) is 0.877. The van der Waals surface area contributed by atoms with E-state index in [0.29, 0.717) is 11.8 Å². The molecule has 2 saturated heterocycles. The molecule has 0 aromatic heterocycles. The van der Waals surface area contributed by atoms with Crippen molar-refractivity contribution in [3.05, 3.63) is 68.7 Å². The summed E-state index contributed by atoms with van der Waals surface area (Å²) in [5.41, 5.74) is 4.68. The Morgan fingerprint density at radius 3 is 1.48 bits per heavy atom. The van der Waals surface area contributed by atoms with Gasteiger partial charge in [-0.1, -0.05) is 58.6 Å². The average molecular weight is 461 g/mol. The molecule has 2 aliphatic rings. The standard InChI is InChI=1S/C26H34Cl2N2O/c1-17-3-5-23(27)21(15-17)25(19-7-11-29-12-8-19)31-26(20-9-13-30-14-10-20)22-16-18(2)4-6-24(22)28/h3-6,15-16,19-20,25-26,29-30H,7-14H2,1-2H3. The van der Waals surface area contributed by atoms with Gasteiger partial charge in [0.15, 0.2) is 0 Å². The molecule has 31 heavy (non-hydrogen) atoms. The molecule has 2 heterocycles. The molecule has 5 heteroatoms.